The van der Waals surface area contributed by atoms with Gasteiger partial charge in [0.1, 0.15) is 5.76 Å². The summed E-state index contributed by atoms with van der Waals surface area (Å²) in [6, 6.07) is 9.91. The summed E-state index contributed by atoms with van der Waals surface area (Å²) in [4.78, 5) is 11.3. The summed E-state index contributed by atoms with van der Waals surface area (Å²) in [5.74, 6) is 0.171. The summed E-state index contributed by atoms with van der Waals surface area (Å²) in [5, 5.41) is 0.631. The van der Waals surface area contributed by atoms with Crippen LogP contribution in [-0.2, 0) is 15.7 Å². The number of furan rings is 1. The molecule has 2 aromatic carbocycles. The lowest BCUT2D eigenvalue weighted by molar-refractivity contribution is -0.137. The van der Waals surface area contributed by atoms with Gasteiger partial charge in [-0.1, -0.05) is 12.1 Å². The van der Waals surface area contributed by atoms with Crippen molar-refractivity contribution in [1.82, 2.24) is 0 Å². The fourth-order valence-corrected chi connectivity index (χ4v) is 2.61. The number of benzene rings is 2. The molecule has 0 radical (unpaired) electrons. The molecule has 1 heterocycles. The van der Waals surface area contributed by atoms with Crippen molar-refractivity contribution in [2.75, 3.05) is 14.2 Å². The average molecular weight is 376 g/mol. The first-order chi connectivity index (χ1) is 12.8. The van der Waals surface area contributed by atoms with Crippen molar-refractivity contribution in [2.24, 2.45) is 0 Å². The number of carbonyl (C=O) groups excluding carboxylic acids is 1. The molecule has 0 amide bonds. The van der Waals surface area contributed by atoms with Crippen molar-refractivity contribution in [3.8, 4) is 17.1 Å². The summed E-state index contributed by atoms with van der Waals surface area (Å²) < 4.78 is 54.4. The number of esters is 1. The SMILES string of the molecule is COC(=O)/C=C/c1cc(OC)c2oc(-c3cccc(C(F)(F)F)c3)cc2c1. The Hall–Kier alpha value is -3.22. The van der Waals surface area contributed by atoms with Crippen molar-refractivity contribution in [1.29, 1.82) is 0 Å². The molecule has 27 heavy (non-hydrogen) atoms. The molecule has 0 bridgehead atoms. The van der Waals surface area contributed by atoms with E-state index < -0.39 is 17.7 Å². The molecule has 0 saturated carbocycles. The van der Waals surface area contributed by atoms with Gasteiger partial charge in [0, 0.05) is 17.0 Å². The van der Waals surface area contributed by atoms with Crippen LogP contribution in [0.15, 0.2) is 53.0 Å². The molecule has 0 aliphatic rings. The summed E-state index contributed by atoms with van der Waals surface area (Å²) in [5.41, 5.74) is 0.602. The summed E-state index contributed by atoms with van der Waals surface area (Å²) in [6.45, 7) is 0. The van der Waals surface area contributed by atoms with E-state index in [4.69, 9.17) is 9.15 Å². The molecule has 140 valence electrons. The number of ether oxygens (including phenoxy) is 2. The van der Waals surface area contributed by atoms with E-state index in [-0.39, 0.29) is 5.76 Å². The van der Waals surface area contributed by atoms with Gasteiger partial charge in [0.25, 0.3) is 0 Å². The second-order valence-corrected chi connectivity index (χ2v) is 5.69. The third-order valence-corrected chi connectivity index (χ3v) is 3.91. The molecule has 4 nitrogen and oxygen atoms in total. The Balaban J connectivity index is 2.07. The molecule has 0 N–H and O–H groups in total. The molecule has 3 rings (SSSR count). The van der Waals surface area contributed by atoms with Crippen LogP contribution in [0.25, 0.3) is 28.4 Å². The van der Waals surface area contributed by atoms with Gasteiger partial charge in [0.2, 0.25) is 0 Å². The Morgan fingerprint density at radius 2 is 1.89 bits per heavy atom. The van der Waals surface area contributed by atoms with Crippen molar-refractivity contribution in [3.63, 3.8) is 0 Å². The van der Waals surface area contributed by atoms with Gasteiger partial charge in [-0.05, 0) is 42.0 Å². The highest BCUT2D eigenvalue weighted by Gasteiger charge is 2.30. The van der Waals surface area contributed by atoms with Crippen LogP contribution in [-0.4, -0.2) is 20.2 Å². The number of carbonyl (C=O) groups is 1. The standard InChI is InChI=1S/C20H15F3O4/c1-25-17-9-12(6-7-18(24)26-2)8-14-11-16(27-19(14)17)13-4-3-5-15(10-13)20(21,22)23/h3-11H,1-2H3/b7-6+. The number of methoxy groups -OCH3 is 2. The van der Waals surface area contributed by atoms with Gasteiger partial charge in [-0.15, -0.1) is 0 Å². The monoisotopic (exact) mass is 376 g/mol. The number of halogens is 3. The van der Waals surface area contributed by atoms with Crippen molar-refractivity contribution in [2.45, 2.75) is 6.18 Å². The van der Waals surface area contributed by atoms with Crippen molar-refractivity contribution in [3.05, 3.63) is 59.7 Å². The first-order valence-electron chi connectivity index (χ1n) is 7.87. The fourth-order valence-electron chi connectivity index (χ4n) is 2.61. The number of alkyl halides is 3. The largest absolute Gasteiger partial charge is 0.493 e. The van der Waals surface area contributed by atoms with E-state index in [0.29, 0.717) is 27.8 Å². The Morgan fingerprint density at radius 3 is 2.56 bits per heavy atom. The lowest BCUT2D eigenvalue weighted by Crippen LogP contribution is -2.04. The number of hydrogen-bond acceptors (Lipinski definition) is 4. The molecule has 1 aromatic heterocycles. The molecular formula is C20H15F3O4. The molecular weight excluding hydrogens is 361 g/mol. The number of rotatable bonds is 4. The molecule has 7 heteroatoms. The number of fused-ring (bicyclic) bond motifs is 1. The van der Waals surface area contributed by atoms with Gasteiger partial charge < -0.3 is 13.9 Å². The van der Waals surface area contributed by atoms with Gasteiger partial charge >= 0.3 is 12.1 Å². The van der Waals surface area contributed by atoms with Crippen LogP contribution in [0.5, 0.6) is 5.75 Å². The molecule has 0 atom stereocenters. The van der Waals surface area contributed by atoms with Gasteiger partial charge in [-0.2, -0.15) is 13.2 Å². The molecule has 0 spiro atoms. The normalized spacial score (nSPS) is 11.9. The maximum atomic E-state index is 12.9. The minimum absolute atomic E-state index is 0.281. The third kappa shape index (κ3) is 3.97. The predicted molar refractivity (Wildman–Crippen MR) is 94.3 cm³/mol. The van der Waals surface area contributed by atoms with Crippen LogP contribution in [0, 0.1) is 0 Å². The maximum absolute atomic E-state index is 12.9. The zero-order valence-electron chi connectivity index (χ0n) is 14.5. The molecule has 0 aliphatic carbocycles. The molecule has 3 aromatic rings. The minimum Gasteiger partial charge on any atom is -0.493 e. The quantitative estimate of drug-likeness (QED) is 0.457. The fraction of sp³-hybridized carbons (Fsp3) is 0.150. The van der Waals surface area contributed by atoms with E-state index in [1.165, 1.54) is 32.4 Å². The van der Waals surface area contributed by atoms with Gasteiger partial charge in [0.15, 0.2) is 11.3 Å². The van der Waals surface area contributed by atoms with E-state index in [9.17, 15) is 18.0 Å². The van der Waals surface area contributed by atoms with E-state index in [2.05, 4.69) is 4.74 Å². The average Bonchev–Trinajstić information content (AvgIpc) is 3.09. The lowest BCUT2D eigenvalue weighted by Gasteiger charge is -2.07. The molecule has 0 fully saturated rings. The highest BCUT2D eigenvalue weighted by molar-refractivity contribution is 5.92. The second kappa shape index (κ2) is 7.19. The third-order valence-electron chi connectivity index (χ3n) is 3.91. The van der Waals surface area contributed by atoms with E-state index in [1.807, 2.05) is 0 Å². The Bertz CT molecular complexity index is 1020. The van der Waals surface area contributed by atoms with Gasteiger partial charge in [-0.3, -0.25) is 0 Å². The number of hydrogen-bond donors (Lipinski definition) is 0. The highest BCUT2D eigenvalue weighted by atomic mass is 19.4. The highest BCUT2D eigenvalue weighted by Crippen LogP contribution is 2.37. The first-order valence-corrected chi connectivity index (χ1v) is 7.87. The van der Waals surface area contributed by atoms with Gasteiger partial charge in [-0.25, -0.2) is 4.79 Å². The topological polar surface area (TPSA) is 48.7 Å². The van der Waals surface area contributed by atoms with Crippen LogP contribution in [0.2, 0.25) is 0 Å². The Morgan fingerprint density at radius 1 is 1.11 bits per heavy atom. The zero-order valence-corrected chi connectivity index (χ0v) is 14.5. The smallest absolute Gasteiger partial charge is 0.416 e. The van der Waals surface area contributed by atoms with Gasteiger partial charge in [0.05, 0.1) is 19.8 Å². The summed E-state index contributed by atoms with van der Waals surface area (Å²) in [7, 11) is 2.73. The minimum atomic E-state index is -4.44. The molecule has 0 unspecified atom stereocenters. The van der Waals surface area contributed by atoms with Crippen LogP contribution >= 0.6 is 0 Å². The second-order valence-electron chi connectivity index (χ2n) is 5.69. The Kier molecular flexibility index (Phi) is 4.94. The lowest BCUT2D eigenvalue weighted by atomic mass is 10.1. The van der Waals surface area contributed by atoms with E-state index in [0.717, 1.165) is 12.1 Å². The molecule has 0 aliphatic heterocycles. The van der Waals surface area contributed by atoms with Crippen molar-refractivity contribution < 1.29 is 31.9 Å². The van der Waals surface area contributed by atoms with E-state index in [1.54, 1.807) is 24.3 Å². The van der Waals surface area contributed by atoms with Crippen LogP contribution < -0.4 is 4.74 Å². The van der Waals surface area contributed by atoms with Crippen LogP contribution in [0.1, 0.15) is 11.1 Å². The zero-order chi connectivity index (χ0) is 19.6. The molecule has 0 saturated heterocycles. The summed E-state index contributed by atoms with van der Waals surface area (Å²) in [6.07, 6.45) is -1.63. The van der Waals surface area contributed by atoms with Crippen molar-refractivity contribution >= 4 is 23.0 Å². The van der Waals surface area contributed by atoms with Crippen LogP contribution in [0.3, 0.4) is 0 Å². The first kappa shape index (κ1) is 18.6. The van der Waals surface area contributed by atoms with Crippen LogP contribution in [0.4, 0.5) is 13.2 Å². The van der Waals surface area contributed by atoms with E-state index >= 15 is 0 Å². The summed E-state index contributed by atoms with van der Waals surface area (Å²) >= 11 is 0. The maximum Gasteiger partial charge on any atom is 0.416 e. The predicted octanol–water partition coefficient (Wildman–Crippen LogP) is 5.31. The Labute approximate surface area is 152 Å².